The van der Waals surface area contributed by atoms with Gasteiger partial charge in [0.25, 0.3) is 0 Å². The second-order valence-electron chi connectivity index (χ2n) is 9.02. The van der Waals surface area contributed by atoms with Gasteiger partial charge in [-0.05, 0) is 0 Å². The van der Waals surface area contributed by atoms with Crippen molar-refractivity contribution in [1.29, 1.82) is 0 Å². The Hall–Kier alpha value is -0.0713. The number of rotatable bonds is 17. The van der Waals surface area contributed by atoms with Crippen LogP contribution in [-0.4, -0.2) is 30.9 Å². The molecule has 1 aromatic rings. The minimum absolute atomic E-state index is 0.0261. The van der Waals surface area contributed by atoms with Crippen molar-refractivity contribution in [3.63, 3.8) is 0 Å². The van der Waals surface area contributed by atoms with Gasteiger partial charge >= 0.3 is 192 Å². The van der Waals surface area contributed by atoms with E-state index in [0.29, 0.717) is 4.90 Å². The molecular weight excluding hydrogens is 499 g/mol. The van der Waals surface area contributed by atoms with Crippen LogP contribution in [0.5, 0.6) is 0 Å². The van der Waals surface area contributed by atoms with Crippen LogP contribution in [-0.2, 0) is 14.3 Å². The SMILES string of the molecule is CCCCC[CH](OS(=O)(=O)c1ccc(C)cc1)[Sn]([CH2]CCC)([CH2]CCC)[CH2]CCC. The van der Waals surface area contributed by atoms with Crippen LogP contribution >= 0.6 is 0 Å². The van der Waals surface area contributed by atoms with Gasteiger partial charge in [-0.1, -0.05) is 0 Å². The van der Waals surface area contributed by atoms with E-state index in [9.17, 15) is 8.42 Å². The van der Waals surface area contributed by atoms with Crippen molar-refractivity contribution in [3.8, 4) is 0 Å². The van der Waals surface area contributed by atoms with E-state index in [-0.39, 0.29) is 4.12 Å². The van der Waals surface area contributed by atoms with Gasteiger partial charge in [-0.2, -0.15) is 0 Å². The molecule has 1 unspecified atom stereocenters. The van der Waals surface area contributed by atoms with E-state index < -0.39 is 28.5 Å². The van der Waals surface area contributed by atoms with Crippen LogP contribution in [0.15, 0.2) is 29.2 Å². The Morgan fingerprint density at radius 1 is 0.767 bits per heavy atom. The van der Waals surface area contributed by atoms with Crippen molar-refractivity contribution >= 4 is 28.5 Å². The Kier molecular flexibility index (Phi) is 13.9. The summed E-state index contributed by atoms with van der Waals surface area (Å²) in [6.07, 6.45) is 11.5. The third kappa shape index (κ3) is 9.20. The van der Waals surface area contributed by atoms with E-state index in [1.54, 1.807) is 12.1 Å². The standard InChI is InChI=1S/C13H19O3S.3C4H9.Sn/c1-3-4-5-6-11-16-17(14,15)13-9-7-12(2)8-10-13;3*1-3-4-2;/h7-11H,3-6H2,1-2H3;3*1,3-4H2,2H3;. The number of hydrogen-bond acceptors (Lipinski definition) is 3. The summed E-state index contributed by atoms with van der Waals surface area (Å²) in [7, 11) is -3.72. The fourth-order valence-corrected chi connectivity index (χ4v) is 24.7. The van der Waals surface area contributed by atoms with Crippen LogP contribution < -0.4 is 0 Å². The van der Waals surface area contributed by atoms with Gasteiger partial charge in [0.05, 0.1) is 0 Å². The zero-order chi connectivity index (χ0) is 22.5. The molecule has 1 atom stereocenters. The molecule has 0 bridgehead atoms. The average molecular weight is 545 g/mol. The van der Waals surface area contributed by atoms with Crippen molar-refractivity contribution in [3.05, 3.63) is 29.8 Å². The van der Waals surface area contributed by atoms with E-state index in [1.165, 1.54) is 51.8 Å². The molecule has 0 aliphatic carbocycles. The first kappa shape index (κ1) is 28.0. The van der Waals surface area contributed by atoms with Crippen LogP contribution in [0.1, 0.15) is 97.5 Å². The van der Waals surface area contributed by atoms with E-state index in [0.717, 1.165) is 31.2 Å². The monoisotopic (exact) mass is 546 g/mol. The normalized spacial score (nSPS) is 13.5. The molecule has 0 saturated carbocycles. The van der Waals surface area contributed by atoms with Gasteiger partial charge in [-0.25, -0.2) is 0 Å². The summed E-state index contributed by atoms with van der Waals surface area (Å²) in [6, 6.07) is 7.14. The van der Waals surface area contributed by atoms with Crippen molar-refractivity contribution in [2.24, 2.45) is 0 Å². The molecule has 174 valence electrons. The molecule has 3 nitrogen and oxygen atoms in total. The molecule has 0 aromatic heterocycles. The molecule has 0 radical (unpaired) electrons. The Bertz CT molecular complexity index is 648. The zero-order valence-electron chi connectivity index (χ0n) is 20.2. The fraction of sp³-hybridized carbons (Fsp3) is 0.760. The van der Waals surface area contributed by atoms with Crippen molar-refractivity contribution < 1.29 is 12.6 Å². The summed E-state index contributed by atoms with van der Waals surface area (Å²) < 4.78 is 36.5. The molecule has 0 aliphatic rings. The Morgan fingerprint density at radius 2 is 1.23 bits per heavy atom. The van der Waals surface area contributed by atoms with Gasteiger partial charge in [0.1, 0.15) is 0 Å². The summed E-state index contributed by atoms with van der Waals surface area (Å²) in [5.41, 5.74) is 1.07. The molecule has 0 aliphatic heterocycles. The van der Waals surface area contributed by atoms with Crippen LogP contribution in [0, 0.1) is 6.92 Å². The number of unbranched alkanes of at least 4 members (excludes halogenated alkanes) is 5. The Morgan fingerprint density at radius 3 is 1.67 bits per heavy atom. The molecule has 1 rings (SSSR count). The van der Waals surface area contributed by atoms with E-state index in [2.05, 4.69) is 27.7 Å². The third-order valence-electron chi connectivity index (χ3n) is 6.39. The molecule has 0 N–H and O–H groups in total. The number of benzene rings is 1. The molecule has 1 aromatic carbocycles. The first-order valence-electron chi connectivity index (χ1n) is 12.3. The number of hydrogen-bond donors (Lipinski definition) is 0. The van der Waals surface area contributed by atoms with Crippen molar-refractivity contribution in [2.45, 2.75) is 121 Å². The van der Waals surface area contributed by atoms with Gasteiger partial charge in [-0.3, -0.25) is 0 Å². The predicted octanol–water partition coefficient (Wildman–Crippen LogP) is 8.04. The Labute approximate surface area is 191 Å². The summed E-state index contributed by atoms with van der Waals surface area (Å²) in [5, 5.41) is 0. The average Bonchev–Trinajstić information content (AvgIpc) is 2.73. The summed E-state index contributed by atoms with van der Waals surface area (Å²) in [6.45, 7) is 11.0. The molecular formula is C25H46O3SSn. The van der Waals surface area contributed by atoms with Gasteiger partial charge in [0.2, 0.25) is 0 Å². The quantitative estimate of drug-likeness (QED) is 0.113. The third-order valence-corrected chi connectivity index (χ3v) is 24.8. The first-order valence-corrected chi connectivity index (χ1v) is 21.5. The number of aryl methyl sites for hydroxylation is 1. The summed E-state index contributed by atoms with van der Waals surface area (Å²) >= 11 is -2.84. The summed E-state index contributed by atoms with van der Waals surface area (Å²) in [5.74, 6) is 0. The van der Waals surface area contributed by atoms with Gasteiger partial charge in [0.15, 0.2) is 0 Å². The van der Waals surface area contributed by atoms with Crippen LogP contribution in [0.4, 0.5) is 0 Å². The predicted molar refractivity (Wildman–Crippen MR) is 132 cm³/mol. The van der Waals surface area contributed by atoms with Crippen LogP contribution in [0.25, 0.3) is 0 Å². The molecule has 0 amide bonds. The first-order chi connectivity index (χ1) is 14.3. The molecule has 30 heavy (non-hydrogen) atoms. The topological polar surface area (TPSA) is 43.4 Å². The van der Waals surface area contributed by atoms with Crippen molar-refractivity contribution in [2.75, 3.05) is 0 Å². The maximum absolute atomic E-state index is 13.3. The molecule has 0 heterocycles. The zero-order valence-corrected chi connectivity index (χ0v) is 23.9. The minimum atomic E-state index is -3.72. The van der Waals surface area contributed by atoms with Gasteiger partial charge < -0.3 is 0 Å². The maximum atomic E-state index is 13.3. The summed E-state index contributed by atoms with van der Waals surface area (Å²) in [4.78, 5) is 0.315. The molecule has 5 heteroatoms. The second-order valence-corrected chi connectivity index (χ2v) is 24.5. The molecule has 0 spiro atoms. The van der Waals surface area contributed by atoms with E-state index in [4.69, 9.17) is 4.18 Å². The van der Waals surface area contributed by atoms with E-state index >= 15 is 0 Å². The Balaban J connectivity index is 3.28. The fourth-order valence-electron chi connectivity index (χ4n) is 4.39. The second kappa shape index (κ2) is 14.9. The van der Waals surface area contributed by atoms with Crippen molar-refractivity contribution in [1.82, 2.24) is 0 Å². The van der Waals surface area contributed by atoms with Gasteiger partial charge in [-0.15, -0.1) is 0 Å². The van der Waals surface area contributed by atoms with E-state index in [1.807, 2.05) is 19.1 Å². The van der Waals surface area contributed by atoms with Crippen LogP contribution in [0.2, 0.25) is 13.3 Å². The van der Waals surface area contributed by atoms with Crippen LogP contribution in [0.3, 0.4) is 0 Å². The molecule has 0 saturated heterocycles. The van der Waals surface area contributed by atoms with Gasteiger partial charge in [0, 0.05) is 0 Å². The molecule has 0 fully saturated rings.